The molecule has 0 unspecified atom stereocenters. The second-order valence-corrected chi connectivity index (χ2v) is 11.9. The summed E-state index contributed by atoms with van der Waals surface area (Å²) in [6.07, 6.45) is 38.0. The number of allylic oxidation sites excluding steroid dienone is 4. The maximum absolute atomic E-state index is 12.1. The third kappa shape index (κ3) is 31.3. The minimum atomic E-state index is -0.774. The van der Waals surface area contributed by atoms with E-state index in [9.17, 15) is 14.7 Å². The van der Waals surface area contributed by atoms with Gasteiger partial charge in [0.25, 0.3) is 0 Å². The summed E-state index contributed by atoms with van der Waals surface area (Å²) < 4.78 is 10.6. The van der Waals surface area contributed by atoms with E-state index in [1.807, 2.05) is 0 Å². The van der Waals surface area contributed by atoms with Gasteiger partial charge in [-0.2, -0.15) is 0 Å². The molecule has 0 saturated carbocycles. The predicted octanol–water partition coefficient (Wildman–Crippen LogP) is 10.7. The van der Waals surface area contributed by atoms with Crippen LogP contribution < -0.4 is 0 Å². The normalized spacial score (nSPS) is 12.4. The number of hydrogen-bond acceptors (Lipinski definition) is 5. The highest BCUT2D eigenvalue weighted by Crippen LogP contribution is 2.12. The number of carbonyl (C=O) groups is 2. The van der Waals surface area contributed by atoms with E-state index in [0.717, 1.165) is 51.4 Å². The molecule has 0 heterocycles. The van der Waals surface area contributed by atoms with Gasteiger partial charge in [-0.1, -0.05) is 128 Å². The number of rotatable bonds is 32. The van der Waals surface area contributed by atoms with Crippen molar-refractivity contribution in [2.24, 2.45) is 0 Å². The molecule has 0 aliphatic rings. The van der Waals surface area contributed by atoms with Crippen molar-refractivity contribution in [3.05, 3.63) is 24.3 Å². The minimum Gasteiger partial charge on any atom is -0.462 e. The van der Waals surface area contributed by atoms with E-state index in [-0.39, 0.29) is 25.2 Å². The van der Waals surface area contributed by atoms with Crippen LogP contribution in [0.15, 0.2) is 24.3 Å². The Labute approximate surface area is 260 Å². The number of hydrogen-bond donors (Lipinski definition) is 1. The summed E-state index contributed by atoms with van der Waals surface area (Å²) in [5.41, 5.74) is 0. The van der Waals surface area contributed by atoms with Crippen LogP contribution in [0.2, 0.25) is 0 Å². The lowest BCUT2D eigenvalue weighted by molar-refractivity contribution is -0.161. The average Bonchev–Trinajstić information content (AvgIpc) is 2.99. The molecule has 246 valence electrons. The quantitative estimate of drug-likeness (QED) is 0.0478. The first-order valence-electron chi connectivity index (χ1n) is 17.9. The number of esters is 2. The molecule has 5 heteroatoms. The summed E-state index contributed by atoms with van der Waals surface area (Å²) in [6, 6.07) is 0. The summed E-state index contributed by atoms with van der Waals surface area (Å²) >= 11 is 0. The Bertz CT molecular complexity index is 642. The molecule has 0 aromatic carbocycles. The van der Waals surface area contributed by atoms with Crippen LogP contribution in [-0.4, -0.2) is 36.4 Å². The van der Waals surface area contributed by atoms with Crippen molar-refractivity contribution in [2.45, 2.75) is 187 Å². The maximum Gasteiger partial charge on any atom is 0.306 e. The molecule has 1 N–H and O–H groups in total. The number of carbonyl (C=O) groups excluding carboxylic acids is 2. The molecule has 0 saturated heterocycles. The third-order valence-corrected chi connectivity index (χ3v) is 7.72. The van der Waals surface area contributed by atoms with Gasteiger partial charge in [-0.15, -0.1) is 0 Å². The first-order chi connectivity index (χ1) is 20.6. The molecule has 5 nitrogen and oxygen atoms in total. The van der Waals surface area contributed by atoms with Crippen LogP contribution in [0.3, 0.4) is 0 Å². The maximum atomic E-state index is 12.1. The average molecular weight is 593 g/mol. The molecule has 0 rings (SSSR count). The summed E-state index contributed by atoms with van der Waals surface area (Å²) in [7, 11) is 0. The van der Waals surface area contributed by atoms with Crippen LogP contribution in [0, 0.1) is 0 Å². The molecular formula is C37H68O5. The Kier molecular flexibility index (Phi) is 32.6. The Morgan fingerprint density at radius 1 is 0.524 bits per heavy atom. The SMILES string of the molecule is CCCCCCC/C=C\CCCCCCCC(=O)OC[C@H](CO)OC(=O)CCCCCCC/C=C\CCCCCCC. The highest BCUT2D eigenvalue weighted by molar-refractivity contribution is 5.70. The predicted molar refractivity (Wildman–Crippen MR) is 178 cm³/mol. The smallest absolute Gasteiger partial charge is 0.306 e. The highest BCUT2D eigenvalue weighted by Gasteiger charge is 2.16. The van der Waals surface area contributed by atoms with E-state index < -0.39 is 6.10 Å². The lowest BCUT2D eigenvalue weighted by Crippen LogP contribution is -2.28. The zero-order valence-electron chi connectivity index (χ0n) is 27.8. The van der Waals surface area contributed by atoms with Crippen molar-refractivity contribution in [1.29, 1.82) is 0 Å². The fraction of sp³-hybridized carbons (Fsp3) is 0.838. The van der Waals surface area contributed by atoms with Crippen LogP contribution in [0.5, 0.6) is 0 Å². The van der Waals surface area contributed by atoms with Crippen molar-refractivity contribution in [1.82, 2.24) is 0 Å². The summed E-state index contributed by atoms with van der Waals surface area (Å²) in [6.45, 7) is 4.10. The van der Waals surface area contributed by atoms with E-state index in [2.05, 4.69) is 38.2 Å². The van der Waals surface area contributed by atoms with Gasteiger partial charge in [-0.05, 0) is 64.2 Å². The molecule has 0 fully saturated rings. The summed E-state index contributed by atoms with van der Waals surface area (Å²) in [5.74, 6) is -0.609. The van der Waals surface area contributed by atoms with Crippen LogP contribution in [0.25, 0.3) is 0 Å². The van der Waals surface area contributed by atoms with Crippen molar-refractivity contribution in [3.8, 4) is 0 Å². The van der Waals surface area contributed by atoms with Gasteiger partial charge in [-0.25, -0.2) is 0 Å². The molecule has 0 aliphatic carbocycles. The molecule has 0 radical (unpaired) electrons. The number of ether oxygens (including phenoxy) is 2. The van der Waals surface area contributed by atoms with Crippen molar-refractivity contribution < 1.29 is 24.2 Å². The first-order valence-corrected chi connectivity index (χ1v) is 17.9. The Morgan fingerprint density at radius 3 is 1.29 bits per heavy atom. The Hall–Kier alpha value is -1.62. The van der Waals surface area contributed by atoms with E-state index in [4.69, 9.17) is 9.47 Å². The van der Waals surface area contributed by atoms with Crippen molar-refractivity contribution in [3.63, 3.8) is 0 Å². The van der Waals surface area contributed by atoms with Crippen LogP contribution >= 0.6 is 0 Å². The lowest BCUT2D eigenvalue weighted by Gasteiger charge is -2.15. The van der Waals surface area contributed by atoms with Crippen molar-refractivity contribution >= 4 is 11.9 Å². The lowest BCUT2D eigenvalue weighted by atomic mass is 10.1. The fourth-order valence-corrected chi connectivity index (χ4v) is 4.95. The standard InChI is InChI=1S/C37H68O5/c1-3-5-7-9-11-13-15-17-19-21-23-25-27-29-31-36(39)41-34-35(33-38)42-37(40)32-30-28-26-24-22-20-18-16-14-12-10-8-6-4-2/h15-18,35,38H,3-14,19-34H2,1-2H3/b17-15-,18-16-/t35-/m0/s1. The van der Waals surface area contributed by atoms with Gasteiger partial charge in [0, 0.05) is 12.8 Å². The third-order valence-electron chi connectivity index (χ3n) is 7.72. The van der Waals surface area contributed by atoms with Crippen LogP contribution in [-0.2, 0) is 19.1 Å². The molecule has 0 spiro atoms. The summed E-state index contributed by atoms with van der Waals surface area (Å²) in [5, 5.41) is 9.51. The van der Waals surface area contributed by atoms with Crippen LogP contribution in [0.4, 0.5) is 0 Å². The van der Waals surface area contributed by atoms with E-state index >= 15 is 0 Å². The number of unbranched alkanes of at least 4 members (excludes halogenated alkanes) is 20. The Morgan fingerprint density at radius 2 is 0.881 bits per heavy atom. The topological polar surface area (TPSA) is 72.8 Å². The minimum absolute atomic E-state index is 0.0712. The monoisotopic (exact) mass is 593 g/mol. The highest BCUT2D eigenvalue weighted by atomic mass is 16.6. The second-order valence-electron chi connectivity index (χ2n) is 11.9. The fourth-order valence-electron chi connectivity index (χ4n) is 4.95. The second kappa shape index (κ2) is 33.9. The van der Waals surface area contributed by atoms with Gasteiger partial charge in [0.1, 0.15) is 6.61 Å². The molecular weight excluding hydrogens is 524 g/mol. The largest absolute Gasteiger partial charge is 0.462 e. The number of aliphatic hydroxyl groups excluding tert-OH is 1. The molecule has 0 aromatic heterocycles. The van der Waals surface area contributed by atoms with E-state index in [1.54, 1.807) is 0 Å². The van der Waals surface area contributed by atoms with E-state index in [0.29, 0.717) is 12.8 Å². The van der Waals surface area contributed by atoms with Gasteiger partial charge in [0.2, 0.25) is 0 Å². The Balaban J connectivity index is 3.59. The van der Waals surface area contributed by atoms with Gasteiger partial charge in [-0.3, -0.25) is 9.59 Å². The van der Waals surface area contributed by atoms with E-state index in [1.165, 1.54) is 103 Å². The number of aliphatic hydroxyl groups is 1. The summed E-state index contributed by atoms with van der Waals surface area (Å²) in [4.78, 5) is 24.1. The molecule has 0 aliphatic heterocycles. The zero-order valence-corrected chi connectivity index (χ0v) is 27.8. The molecule has 0 bridgehead atoms. The van der Waals surface area contributed by atoms with Gasteiger partial charge in [0.05, 0.1) is 6.61 Å². The molecule has 42 heavy (non-hydrogen) atoms. The van der Waals surface area contributed by atoms with Crippen LogP contribution in [0.1, 0.15) is 181 Å². The molecule has 0 aromatic rings. The van der Waals surface area contributed by atoms with Crippen molar-refractivity contribution in [2.75, 3.05) is 13.2 Å². The van der Waals surface area contributed by atoms with Gasteiger partial charge >= 0.3 is 11.9 Å². The zero-order chi connectivity index (χ0) is 30.8. The first kappa shape index (κ1) is 40.4. The molecule has 0 amide bonds. The van der Waals surface area contributed by atoms with Gasteiger partial charge < -0.3 is 14.6 Å². The molecule has 1 atom stereocenters. The van der Waals surface area contributed by atoms with Gasteiger partial charge in [0.15, 0.2) is 6.10 Å².